The lowest BCUT2D eigenvalue weighted by molar-refractivity contribution is -0.140. The van der Waals surface area contributed by atoms with Gasteiger partial charge >= 0.3 is 5.97 Å². The van der Waals surface area contributed by atoms with E-state index in [9.17, 15) is 9.59 Å². The quantitative estimate of drug-likeness (QED) is 0.271. The van der Waals surface area contributed by atoms with Crippen LogP contribution in [0.3, 0.4) is 0 Å². The number of ketones is 1. The van der Waals surface area contributed by atoms with Crippen molar-refractivity contribution in [2.45, 2.75) is 64.2 Å². The number of unbranched alkanes of at least 4 members (excludes halogenated alkanes) is 4. The van der Waals surface area contributed by atoms with Gasteiger partial charge in [0.05, 0.1) is 7.11 Å². The van der Waals surface area contributed by atoms with Gasteiger partial charge in [-0.25, -0.2) is 0 Å². The van der Waals surface area contributed by atoms with Crippen LogP contribution in [0.2, 0.25) is 0 Å². The van der Waals surface area contributed by atoms with E-state index in [2.05, 4.69) is 47.2 Å². The van der Waals surface area contributed by atoms with Crippen molar-refractivity contribution in [3.63, 3.8) is 0 Å². The number of rotatable bonds is 12. The van der Waals surface area contributed by atoms with E-state index >= 15 is 0 Å². The fourth-order valence-electron chi connectivity index (χ4n) is 4.90. The standard InChI is InChI=1S/C25H34O3/c1-28-24(27)17-11-3-2-9-16-21-23(26)18-22-20(25(21)22)15-10-5-8-14-19-12-6-4-7-13-19/h4,6-7,10,12-13,15,20-22,25H,2-3,5,8-9,11,14,16-18H2,1H3/t20?,21-,22-,25-/m0/s1. The summed E-state index contributed by atoms with van der Waals surface area (Å²) in [6.07, 6.45) is 14.7. The molecule has 2 aliphatic carbocycles. The Morgan fingerprint density at radius 3 is 2.68 bits per heavy atom. The molecule has 2 aliphatic rings. The number of esters is 1. The first-order chi connectivity index (χ1) is 13.7. The van der Waals surface area contributed by atoms with Crippen molar-refractivity contribution in [3.8, 4) is 0 Å². The van der Waals surface area contributed by atoms with Gasteiger partial charge in [0.1, 0.15) is 5.78 Å². The molecule has 152 valence electrons. The molecule has 2 fully saturated rings. The summed E-state index contributed by atoms with van der Waals surface area (Å²) in [7, 11) is 1.44. The average Bonchev–Trinajstić information content (AvgIpc) is 3.27. The lowest BCUT2D eigenvalue weighted by Crippen LogP contribution is -2.13. The molecule has 0 heterocycles. The average molecular weight is 383 g/mol. The van der Waals surface area contributed by atoms with Gasteiger partial charge in [0.25, 0.3) is 0 Å². The fourth-order valence-corrected chi connectivity index (χ4v) is 4.90. The molecule has 0 bridgehead atoms. The van der Waals surface area contributed by atoms with Gasteiger partial charge in [-0.05, 0) is 55.4 Å². The zero-order chi connectivity index (χ0) is 19.8. The van der Waals surface area contributed by atoms with E-state index in [4.69, 9.17) is 0 Å². The van der Waals surface area contributed by atoms with Crippen LogP contribution < -0.4 is 0 Å². The lowest BCUT2D eigenvalue weighted by Gasteiger charge is -2.12. The van der Waals surface area contributed by atoms with Gasteiger partial charge in [-0.2, -0.15) is 0 Å². The molecule has 1 aromatic carbocycles. The van der Waals surface area contributed by atoms with Crippen LogP contribution in [0.25, 0.3) is 0 Å². The summed E-state index contributed by atoms with van der Waals surface area (Å²) in [4.78, 5) is 23.4. The summed E-state index contributed by atoms with van der Waals surface area (Å²) in [5.74, 6) is 2.57. The fraction of sp³-hybridized carbons (Fsp3) is 0.600. The molecule has 0 amide bonds. The predicted molar refractivity (Wildman–Crippen MR) is 112 cm³/mol. The number of aryl methyl sites for hydroxylation is 1. The third-order valence-electron chi connectivity index (χ3n) is 6.52. The minimum atomic E-state index is -0.120. The van der Waals surface area contributed by atoms with Gasteiger partial charge in [-0.15, -0.1) is 0 Å². The maximum atomic E-state index is 12.3. The molecule has 0 aromatic heterocycles. The van der Waals surface area contributed by atoms with Gasteiger partial charge in [-0.1, -0.05) is 61.7 Å². The smallest absolute Gasteiger partial charge is 0.305 e. The van der Waals surface area contributed by atoms with Crippen LogP contribution in [0.4, 0.5) is 0 Å². The maximum Gasteiger partial charge on any atom is 0.305 e. The van der Waals surface area contributed by atoms with Crippen molar-refractivity contribution < 1.29 is 14.3 Å². The second-order valence-corrected chi connectivity index (χ2v) is 8.43. The van der Waals surface area contributed by atoms with Crippen molar-refractivity contribution >= 4 is 11.8 Å². The van der Waals surface area contributed by atoms with Crippen molar-refractivity contribution in [2.75, 3.05) is 7.11 Å². The minimum absolute atomic E-state index is 0.120. The second-order valence-electron chi connectivity index (χ2n) is 8.43. The lowest BCUT2D eigenvalue weighted by atomic mass is 9.92. The molecule has 0 aliphatic heterocycles. The zero-order valence-electron chi connectivity index (χ0n) is 17.1. The number of fused-ring (bicyclic) bond motifs is 1. The largest absolute Gasteiger partial charge is 0.469 e. The van der Waals surface area contributed by atoms with Crippen LogP contribution in [0.1, 0.15) is 63.4 Å². The molecule has 3 rings (SSSR count). The van der Waals surface area contributed by atoms with E-state index in [1.54, 1.807) is 0 Å². The molecule has 2 saturated carbocycles. The normalized spacial score (nSPS) is 25.8. The van der Waals surface area contributed by atoms with Crippen LogP contribution in [-0.4, -0.2) is 18.9 Å². The third kappa shape index (κ3) is 5.80. The Labute approximate surface area is 169 Å². The first-order valence-corrected chi connectivity index (χ1v) is 11.0. The Kier molecular flexibility index (Phi) is 7.88. The Morgan fingerprint density at radius 1 is 1.11 bits per heavy atom. The molecule has 0 N–H and O–H groups in total. The number of ether oxygens (including phenoxy) is 1. The second kappa shape index (κ2) is 10.6. The summed E-state index contributed by atoms with van der Waals surface area (Å²) < 4.78 is 4.66. The summed E-state index contributed by atoms with van der Waals surface area (Å²) in [5, 5.41) is 0. The van der Waals surface area contributed by atoms with Gasteiger partial charge in [0, 0.05) is 18.8 Å². The number of Topliss-reactive ketones (excluding diaryl/α,β-unsaturated/α-hetero) is 1. The molecule has 1 unspecified atom stereocenters. The van der Waals surface area contributed by atoms with E-state index < -0.39 is 0 Å². The predicted octanol–water partition coefficient (Wildman–Crippen LogP) is 5.53. The topological polar surface area (TPSA) is 43.4 Å². The Morgan fingerprint density at radius 2 is 1.89 bits per heavy atom. The first-order valence-electron chi connectivity index (χ1n) is 11.0. The zero-order valence-corrected chi connectivity index (χ0v) is 17.1. The summed E-state index contributed by atoms with van der Waals surface area (Å²) in [6.45, 7) is 0. The van der Waals surface area contributed by atoms with Crippen LogP contribution in [0.5, 0.6) is 0 Å². The monoisotopic (exact) mass is 382 g/mol. The molecule has 4 atom stereocenters. The van der Waals surface area contributed by atoms with Crippen molar-refractivity contribution in [2.24, 2.45) is 23.7 Å². The Hall–Kier alpha value is -1.90. The minimum Gasteiger partial charge on any atom is -0.469 e. The summed E-state index contributed by atoms with van der Waals surface area (Å²) >= 11 is 0. The molecule has 1 aromatic rings. The number of hydrogen-bond donors (Lipinski definition) is 0. The SMILES string of the molecule is COC(=O)CCCCCC[C@H]1C(=O)C[C@H]2C(C=CCCCc3ccccc3)[C@@H]12. The van der Waals surface area contributed by atoms with Crippen LogP contribution in [0.15, 0.2) is 42.5 Å². The number of allylic oxidation sites excluding steroid dienone is 2. The van der Waals surface area contributed by atoms with Gasteiger partial charge in [-0.3, -0.25) is 9.59 Å². The number of carbonyl (C=O) groups is 2. The van der Waals surface area contributed by atoms with Crippen molar-refractivity contribution in [1.29, 1.82) is 0 Å². The van der Waals surface area contributed by atoms with Gasteiger partial charge in [0.2, 0.25) is 0 Å². The van der Waals surface area contributed by atoms with Crippen LogP contribution in [-0.2, 0) is 20.7 Å². The number of hydrogen-bond acceptors (Lipinski definition) is 3. The highest BCUT2D eigenvalue weighted by Crippen LogP contribution is 2.60. The molecular formula is C25H34O3. The molecule has 3 nitrogen and oxygen atoms in total. The number of benzene rings is 1. The highest BCUT2D eigenvalue weighted by molar-refractivity contribution is 5.85. The van der Waals surface area contributed by atoms with Gasteiger partial charge in [0.15, 0.2) is 0 Å². The Bertz CT molecular complexity index is 664. The van der Waals surface area contributed by atoms with E-state index in [1.165, 1.54) is 19.1 Å². The number of methoxy groups -OCH3 is 1. The number of carbonyl (C=O) groups excluding carboxylic acids is 2. The third-order valence-corrected chi connectivity index (χ3v) is 6.52. The summed E-state index contributed by atoms with van der Waals surface area (Å²) in [6, 6.07) is 10.7. The van der Waals surface area contributed by atoms with E-state index in [0.29, 0.717) is 35.9 Å². The molecule has 3 heteroatoms. The molecule has 0 radical (unpaired) electrons. The van der Waals surface area contributed by atoms with Gasteiger partial charge < -0.3 is 4.74 Å². The van der Waals surface area contributed by atoms with E-state index in [0.717, 1.165) is 51.4 Å². The van der Waals surface area contributed by atoms with Crippen molar-refractivity contribution in [3.05, 3.63) is 48.0 Å². The molecular weight excluding hydrogens is 348 g/mol. The Balaban J connectivity index is 1.29. The highest BCUT2D eigenvalue weighted by atomic mass is 16.5. The summed E-state index contributed by atoms with van der Waals surface area (Å²) in [5.41, 5.74) is 1.41. The molecule has 28 heavy (non-hydrogen) atoms. The van der Waals surface area contributed by atoms with Crippen molar-refractivity contribution in [1.82, 2.24) is 0 Å². The molecule has 0 spiro atoms. The molecule has 0 saturated heterocycles. The van der Waals surface area contributed by atoms with Crippen LogP contribution in [0, 0.1) is 23.7 Å². The van der Waals surface area contributed by atoms with E-state index in [1.807, 2.05) is 0 Å². The van der Waals surface area contributed by atoms with Crippen LogP contribution >= 0.6 is 0 Å². The first kappa shape index (κ1) is 20.8. The highest BCUT2D eigenvalue weighted by Gasteiger charge is 2.59. The maximum absolute atomic E-state index is 12.3. The van der Waals surface area contributed by atoms with E-state index in [-0.39, 0.29) is 5.97 Å².